The van der Waals surface area contributed by atoms with Crippen LogP contribution in [-0.2, 0) is 30.3 Å². The number of carbonyl (C=O) groups excluding carboxylic acids is 1. The monoisotopic (exact) mass is 278 g/mol. The van der Waals surface area contributed by atoms with Gasteiger partial charge in [-0.2, -0.15) is 0 Å². The summed E-state index contributed by atoms with van der Waals surface area (Å²) in [7, 11) is 0. The largest absolute Gasteiger partial charge is 0.455 e. The van der Waals surface area contributed by atoms with E-state index in [9.17, 15) is 4.79 Å². The summed E-state index contributed by atoms with van der Waals surface area (Å²) < 4.78 is 22.1. The molecule has 2 fully saturated rings. The van der Waals surface area contributed by atoms with Crippen molar-refractivity contribution < 1.29 is 23.7 Å². The Morgan fingerprint density at radius 1 is 1.20 bits per heavy atom. The molecule has 3 atom stereocenters. The Hall–Kier alpha value is -1.43. The maximum atomic E-state index is 11.7. The van der Waals surface area contributed by atoms with Crippen molar-refractivity contribution in [2.45, 2.75) is 44.6 Å². The van der Waals surface area contributed by atoms with Gasteiger partial charge in [0, 0.05) is 0 Å². The van der Waals surface area contributed by atoms with Crippen molar-refractivity contribution in [2.75, 3.05) is 6.61 Å². The summed E-state index contributed by atoms with van der Waals surface area (Å²) in [5.74, 6) is -1.11. The van der Waals surface area contributed by atoms with Gasteiger partial charge in [0.2, 0.25) is 0 Å². The molecular formula is C15H18O5. The van der Waals surface area contributed by atoms with Crippen LogP contribution in [0.2, 0.25) is 0 Å². The topological polar surface area (TPSA) is 54.0 Å². The summed E-state index contributed by atoms with van der Waals surface area (Å²) >= 11 is 0. The maximum Gasteiger partial charge on any atom is 0.338 e. The maximum absolute atomic E-state index is 11.7. The average Bonchev–Trinajstić information content (AvgIpc) is 2.87. The van der Waals surface area contributed by atoms with E-state index in [0.29, 0.717) is 13.2 Å². The smallest absolute Gasteiger partial charge is 0.338 e. The molecule has 0 radical (unpaired) electrons. The molecule has 0 N–H and O–H groups in total. The summed E-state index contributed by atoms with van der Waals surface area (Å²) in [6.45, 7) is 4.37. The first-order valence-electron chi connectivity index (χ1n) is 6.73. The standard InChI is InChI=1S/C15H18O5/c1-15(2)19-12-11(18-14(16)13(12)20-15)9-17-8-10-6-4-3-5-7-10/h3-7,11-13H,8-9H2,1-2H3/t11-,12+,13?/m1/s1. The number of hydrogen-bond acceptors (Lipinski definition) is 5. The molecule has 1 unspecified atom stereocenters. The number of esters is 1. The van der Waals surface area contributed by atoms with E-state index in [1.165, 1.54) is 0 Å². The highest BCUT2D eigenvalue weighted by molar-refractivity contribution is 5.78. The second-order valence-electron chi connectivity index (χ2n) is 5.50. The first kappa shape index (κ1) is 13.5. The van der Waals surface area contributed by atoms with Crippen molar-refractivity contribution in [1.82, 2.24) is 0 Å². The average molecular weight is 278 g/mol. The third-order valence-electron chi connectivity index (χ3n) is 3.39. The number of benzene rings is 1. The Morgan fingerprint density at radius 3 is 2.70 bits per heavy atom. The van der Waals surface area contributed by atoms with E-state index >= 15 is 0 Å². The Kier molecular flexibility index (Phi) is 3.50. The van der Waals surface area contributed by atoms with Crippen LogP contribution < -0.4 is 0 Å². The van der Waals surface area contributed by atoms with Crippen molar-refractivity contribution >= 4 is 5.97 Å². The van der Waals surface area contributed by atoms with Gasteiger partial charge in [-0.25, -0.2) is 4.79 Å². The van der Waals surface area contributed by atoms with Crippen molar-refractivity contribution in [3.8, 4) is 0 Å². The lowest BCUT2D eigenvalue weighted by Crippen LogP contribution is -2.32. The van der Waals surface area contributed by atoms with Crippen LogP contribution in [0.3, 0.4) is 0 Å². The minimum atomic E-state index is -0.744. The third-order valence-corrected chi connectivity index (χ3v) is 3.39. The predicted octanol–water partition coefficient (Wildman–Crippen LogP) is 1.65. The quantitative estimate of drug-likeness (QED) is 0.784. The molecule has 2 aliphatic rings. The lowest BCUT2D eigenvalue weighted by Gasteiger charge is -2.21. The molecule has 5 nitrogen and oxygen atoms in total. The minimum Gasteiger partial charge on any atom is -0.455 e. The molecule has 1 aromatic carbocycles. The zero-order valence-electron chi connectivity index (χ0n) is 11.6. The van der Waals surface area contributed by atoms with Crippen molar-refractivity contribution in [2.24, 2.45) is 0 Å². The Morgan fingerprint density at radius 2 is 1.95 bits per heavy atom. The molecule has 108 valence electrons. The van der Waals surface area contributed by atoms with Crippen LogP contribution in [0.25, 0.3) is 0 Å². The van der Waals surface area contributed by atoms with Gasteiger partial charge in [-0.15, -0.1) is 0 Å². The normalized spacial score (nSPS) is 31.1. The van der Waals surface area contributed by atoms with Crippen LogP contribution in [0.1, 0.15) is 19.4 Å². The molecule has 0 aromatic heterocycles. The van der Waals surface area contributed by atoms with Crippen LogP contribution in [0.4, 0.5) is 0 Å². The SMILES string of the molecule is CC1(C)OC2C(=O)O[C@H](COCc3ccccc3)[C@@H]2O1. The lowest BCUT2D eigenvalue weighted by atomic mass is 10.1. The van der Waals surface area contributed by atoms with Crippen molar-refractivity contribution in [3.05, 3.63) is 35.9 Å². The van der Waals surface area contributed by atoms with E-state index in [4.69, 9.17) is 18.9 Å². The molecule has 3 rings (SSSR count). The van der Waals surface area contributed by atoms with Gasteiger partial charge in [-0.05, 0) is 19.4 Å². The van der Waals surface area contributed by atoms with Crippen LogP contribution >= 0.6 is 0 Å². The van der Waals surface area contributed by atoms with Crippen LogP contribution in [0.15, 0.2) is 30.3 Å². The molecule has 2 aliphatic heterocycles. The Labute approximate surface area is 117 Å². The van der Waals surface area contributed by atoms with Gasteiger partial charge in [0.15, 0.2) is 18.0 Å². The number of cyclic esters (lactones) is 1. The summed E-state index contributed by atoms with van der Waals surface area (Å²) in [4.78, 5) is 11.7. The fraction of sp³-hybridized carbons (Fsp3) is 0.533. The van der Waals surface area contributed by atoms with Crippen LogP contribution in [0, 0.1) is 0 Å². The highest BCUT2D eigenvalue weighted by Crippen LogP contribution is 2.36. The number of hydrogen-bond donors (Lipinski definition) is 0. The summed E-state index contributed by atoms with van der Waals surface area (Å²) in [5, 5.41) is 0. The van der Waals surface area contributed by atoms with Gasteiger partial charge in [0.25, 0.3) is 0 Å². The molecule has 0 saturated carbocycles. The summed E-state index contributed by atoms with van der Waals surface area (Å²) in [5.41, 5.74) is 1.08. The fourth-order valence-electron chi connectivity index (χ4n) is 2.52. The van der Waals surface area contributed by atoms with Gasteiger partial charge in [0.05, 0.1) is 13.2 Å². The lowest BCUT2D eigenvalue weighted by molar-refractivity contribution is -0.190. The van der Waals surface area contributed by atoms with E-state index < -0.39 is 18.0 Å². The number of fused-ring (bicyclic) bond motifs is 1. The highest BCUT2D eigenvalue weighted by atomic mass is 16.8. The zero-order valence-corrected chi connectivity index (χ0v) is 11.6. The molecule has 1 aromatic rings. The van der Waals surface area contributed by atoms with Gasteiger partial charge < -0.3 is 18.9 Å². The predicted molar refractivity (Wildman–Crippen MR) is 69.8 cm³/mol. The number of ether oxygens (including phenoxy) is 4. The molecule has 0 amide bonds. The van der Waals surface area contributed by atoms with Gasteiger partial charge >= 0.3 is 5.97 Å². The molecular weight excluding hydrogens is 260 g/mol. The highest BCUT2D eigenvalue weighted by Gasteiger charge is 2.55. The summed E-state index contributed by atoms with van der Waals surface area (Å²) in [6, 6.07) is 9.85. The van der Waals surface area contributed by atoms with Crippen molar-refractivity contribution in [1.29, 1.82) is 0 Å². The molecule has 5 heteroatoms. The van der Waals surface area contributed by atoms with Gasteiger partial charge in [0.1, 0.15) is 6.10 Å². The molecule has 20 heavy (non-hydrogen) atoms. The zero-order chi connectivity index (χ0) is 14.2. The molecule has 0 bridgehead atoms. The van der Waals surface area contributed by atoms with Crippen LogP contribution in [-0.4, -0.2) is 36.7 Å². The fourth-order valence-corrected chi connectivity index (χ4v) is 2.52. The van der Waals surface area contributed by atoms with Crippen molar-refractivity contribution in [3.63, 3.8) is 0 Å². The second kappa shape index (κ2) is 5.16. The Balaban J connectivity index is 1.55. The van der Waals surface area contributed by atoms with Crippen LogP contribution in [0.5, 0.6) is 0 Å². The number of carbonyl (C=O) groups is 1. The molecule has 2 heterocycles. The molecule has 0 aliphatic carbocycles. The number of rotatable bonds is 4. The first-order valence-corrected chi connectivity index (χ1v) is 6.73. The Bertz CT molecular complexity index is 484. The molecule has 0 spiro atoms. The third kappa shape index (κ3) is 2.70. The first-order chi connectivity index (χ1) is 9.55. The second-order valence-corrected chi connectivity index (χ2v) is 5.50. The van der Waals surface area contributed by atoms with Gasteiger partial charge in [-0.1, -0.05) is 30.3 Å². The minimum absolute atomic E-state index is 0.307. The van der Waals surface area contributed by atoms with Gasteiger partial charge in [-0.3, -0.25) is 0 Å². The van der Waals surface area contributed by atoms with E-state index in [0.717, 1.165) is 5.56 Å². The van der Waals surface area contributed by atoms with E-state index in [-0.39, 0.29) is 12.1 Å². The van der Waals surface area contributed by atoms with E-state index in [1.807, 2.05) is 30.3 Å². The van der Waals surface area contributed by atoms with E-state index in [2.05, 4.69) is 0 Å². The molecule has 2 saturated heterocycles. The summed E-state index contributed by atoms with van der Waals surface area (Å²) in [6.07, 6.45) is -1.42. The van der Waals surface area contributed by atoms with E-state index in [1.54, 1.807) is 13.8 Å².